The number of imidazole rings is 1. The number of pyridine rings is 1. The van der Waals surface area contributed by atoms with E-state index in [4.69, 9.17) is 0 Å². The van der Waals surface area contributed by atoms with Crippen LogP contribution in [0.2, 0.25) is 0 Å². The molecule has 0 fully saturated rings. The number of carbonyl (C=O) groups excluding carboxylic acids is 1. The fourth-order valence-electron chi connectivity index (χ4n) is 2.00. The smallest absolute Gasteiger partial charge is 0.174 e. The second kappa shape index (κ2) is 5.38. The first-order valence-electron chi connectivity index (χ1n) is 6.28. The summed E-state index contributed by atoms with van der Waals surface area (Å²) in [4.78, 5) is 22.0. The Morgan fingerprint density at radius 2 is 2.40 bits per heavy atom. The molecule has 4 nitrogen and oxygen atoms in total. The van der Waals surface area contributed by atoms with Crippen LogP contribution in [0.3, 0.4) is 0 Å². The van der Waals surface area contributed by atoms with Crippen molar-refractivity contribution in [3.05, 3.63) is 53.2 Å². The number of hydrogen-bond acceptors (Lipinski definition) is 5. The van der Waals surface area contributed by atoms with Gasteiger partial charge in [-0.05, 0) is 11.6 Å². The molecular weight excluding hydrogens is 290 g/mol. The lowest BCUT2D eigenvalue weighted by molar-refractivity contribution is 0.0991. The molecule has 0 aliphatic heterocycles. The van der Waals surface area contributed by atoms with Crippen LogP contribution >= 0.6 is 24.0 Å². The maximum absolute atomic E-state index is 11.8. The predicted octanol–water partition coefficient (Wildman–Crippen LogP) is 3.40. The summed E-state index contributed by atoms with van der Waals surface area (Å²) in [5.41, 5.74) is 1.86. The zero-order valence-corrected chi connectivity index (χ0v) is 12.6. The quantitative estimate of drug-likeness (QED) is 0.593. The largest absolute Gasteiger partial charge is 0.296 e. The van der Waals surface area contributed by atoms with Crippen LogP contribution in [0.15, 0.2) is 37.1 Å². The third kappa shape index (κ3) is 2.25. The van der Waals surface area contributed by atoms with E-state index >= 15 is 0 Å². The molecule has 0 N–H and O–H groups in total. The first kappa shape index (κ1) is 13.3. The summed E-state index contributed by atoms with van der Waals surface area (Å²) in [7, 11) is 0. The normalized spacial score (nSPS) is 12.7. The van der Waals surface area contributed by atoms with Crippen LogP contribution in [-0.2, 0) is 0 Å². The Kier molecular flexibility index (Phi) is 3.58. The number of thiol groups is 1. The lowest BCUT2D eigenvalue weighted by Crippen LogP contribution is -1.94. The Hall–Kier alpha value is -1.66. The van der Waals surface area contributed by atoms with Gasteiger partial charge in [0.25, 0.3) is 0 Å². The van der Waals surface area contributed by atoms with Crippen LogP contribution in [-0.4, -0.2) is 20.2 Å². The van der Waals surface area contributed by atoms with Gasteiger partial charge in [-0.2, -0.15) is 12.6 Å². The lowest BCUT2D eigenvalue weighted by atomic mass is 10.1. The van der Waals surface area contributed by atoms with Crippen molar-refractivity contribution in [2.75, 3.05) is 0 Å². The second-order valence-corrected chi connectivity index (χ2v) is 5.95. The Bertz CT molecular complexity index is 748. The highest BCUT2D eigenvalue weighted by atomic mass is 32.1. The molecule has 0 amide bonds. The highest BCUT2D eigenvalue weighted by molar-refractivity contribution is 7.80. The molecule has 0 saturated carbocycles. The van der Waals surface area contributed by atoms with Crippen molar-refractivity contribution in [3.63, 3.8) is 0 Å². The minimum Gasteiger partial charge on any atom is -0.296 e. The number of Topliss-reactive ketones (excluding diaryl/α,β-unsaturated/α-hetero) is 1. The molecule has 0 bridgehead atoms. The number of rotatable bonds is 4. The van der Waals surface area contributed by atoms with E-state index in [-0.39, 0.29) is 11.0 Å². The summed E-state index contributed by atoms with van der Waals surface area (Å²) >= 11 is 6.11. The second-order valence-electron chi connectivity index (χ2n) is 4.40. The number of carbonyl (C=O) groups is 1. The van der Waals surface area contributed by atoms with Gasteiger partial charge >= 0.3 is 0 Å². The van der Waals surface area contributed by atoms with Crippen LogP contribution in [0.4, 0.5) is 0 Å². The van der Waals surface area contributed by atoms with Crippen LogP contribution in [0.25, 0.3) is 4.83 Å². The third-order valence-electron chi connectivity index (χ3n) is 3.09. The van der Waals surface area contributed by atoms with Gasteiger partial charge in [-0.3, -0.25) is 14.2 Å². The van der Waals surface area contributed by atoms with Crippen LogP contribution in [0, 0.1) is 0 Å². The number of hydrogen-bond donors (Lipinski definition) is 1. The van der Waals surface area contributed by atoms with E-state index in [2.05, 4.69) is 22.6 Å². The predicted molar refractivity (Wildman–Crippen MR) is 82.8 cm³/mol. The van der Waals surface area contributed by atoms with Crippen molar-refractivity contribution >= 4 is 34.6 Å². The van der Waals surface area contributed by atoms with Gasteiger partial charge in [-0.1, -0.05) is 13.0 Å². The van der Waals surface area contributed by atoms with E-state index in [1.165, 1.54) is 11.3 Å². The molecule has 0 saturated heterocycles. The van der Waals surface area contributed by atoms with Gasteiger partial charge in [-0.25, -0.2) is 4.98 Å². The van der Waals surface area contributed by atoms with E-state index in [9.17, 15) is 4.79 Å². The van der Waals surface area contributed by atoms with Gasteiger partial charge in [0.15, 0.2) is 5.78 Å². The van der Waals surface area contributed by atoms with E-state index in [0.29, 0.717) is 6.42 Å². The molecule has 3 aromatic rings. The molecular formula is C14H13N3OS2. The molecule has 3 heterocycles. The van der Waals surface area contributed by atoms with Crippen LogP contribution in [0.1, 0.15) is 39.5 Å². The molecule has 3 aromatic heterocycles. The Labute approximate surface area is 125 Å². The average Bonchev–Trinajstić information content (AvgIpc) is 3.06. The van der Waals surface area contributed by atoms with Gasteiger partial charge in [0.2, 0.25) is 0 Å². The van der Waals surface area contributed by atoms with Crippen molar-refractivity contribution in [2.45, 2.75) is 18.6 Å². The number of ketones is 1. The molecule has 6 heteroatoms. The number of thiazole rings is 1. The van der Waals surface area contributed by atoms with Crippen molar-refractivity contribution < 1.29 is 4.79 Å². The summed E-state index contributed by atoms with van der Waals surface area (Å²) in [5, 5.41) is -0.142. The average molecular weight is 303 g/mol. The Balaban J connectivity index is 2.04. The van der Waals surface area contributed by atoms with Gasteiger partial charge < -0.3 is 0 Å². The number of fused-ring (bicyclic) bond motifs is 1. The van der Waals surface area contributed by atoms with Gasteiger partial charge in [-0.15, -0.1) is 11.3 Å². The molecule has 20 heavy (non-hydrogen) atoms. The topological polar surface area (TPSA) is 47.3 Å². The first-order valence-corrected chi connectivity index (χ1v) is 7.61. The zero-order chi connectivity index (χ0) is 14.1. The third-order valence-corrected chi connectivity index (χ3v) is 4.80. The van der Waals surface area contributed by atoms with Crippen molar-refractivity contribution in [1.29, 1.82) is 0 Å². The summed E-state index contributed by atoms with van der Waals surface area (Å²) < 4.78 is 1.89. The molecule has 1 atom stereocenters. The standard InChI is InChI=1S/C14H13N3OS2/c1-2-10(18)11-7-17-8-16-12(14(17)20-11)13(19)9-4-3-5-15-6-9/h3-8,13,19H,2H2,1H3. The van der Waals surface area contributed by atoms with Gasteiger partial charge in [0, 0.05) is 25.0 Å². The van der Waals surface area contributed by atoms with E-state index in [1.807, 2.05) is 29.7 Å². The summed E-state index contributed by atoms with van der Waals surface area (Å²) in [6.45, 7) is 1.87. The van der Waals surface area contributed by atoms with Crippen LogP contribution < -0.4 is 0 Å². The number of aromatic nitrogens is 3. The molecule has 0 aliphatic rings. The molecule has 0 radical (unpaired) electrons. The highest BCUT2D eigenvalue weighted by Crippen LogP contribution is 2.33. The minimum atomic E-state index is -0.142. The lowest BCUT2D eigenvalue weighted by Gasteiger charge is -2.07. The molecule has 0 spiro atoms. The first-order chi connectivity index (χ1) is 9.70. The SMILES string of the molecule is CCC(=O)c1cn2cnc(C(S)c3cccnc3)c2s1. The molecule has 3 rings (SSSR count). The minimum absolute atomic E-state index is 0.142. The van der Waals surface area contributed by atoms with Crippen LogP contribution in [0.5, 0.6) is 0 Å². The maximum Gasteiger partial charge on any atom is 0.174 e. The Morgan fingerprint density at radius 1 is 1.55 bits per heavy atom. The molecule has 102 valence electrons. The monoisotopic (exact) mass is 303 g/mol. The molecule has 1 unspecified atom stereocenters. The zero-order valence-electron chi connectivity index (χ0n) is 10.9. The van der Waals surface area contributed by atoms with E-state index < -0.39 is 0 Å². The van der Waals surface area contributed by atoms with Gasteiger partial charge in [0.1, 0.15) is 11.2 Å². The fraction of sp³-hybridized carbons (Fsp3) is 0.214. The van der Waals surface area contributed by atoms with Crippen molar-refractivity contribution in [3.8, 4) is 0 Å². The van der Waals surface area contributed by atoms with Crippen molar-refractivity contribution in [2.24, 2.45) is 0 Å². The molecule has 0 aliphatic carbocycles. The van der Waals surface area contributed by atoms with Crippen molar-refractivity contribution in [1.82, 2.24) is 14.4 Å². The van der Waals surface area contributed by atoms with Gasteiger partial charge in [0.05, 0.1) is 15.8 Å². The van der Waals surface area contributed by atoms with E-state index in [0.717, 1.165) is 21.0 Å². The maximum atomic E-state index is 11.8. The van der Waals surface area contributed by atoms with E-state index in [1.54, 1.807) is 18.7 Å². The number of nitrogens with zero attached hydrogens (tertiary/aromatic N) is 3. The summed E-state index contributed by atoms with van der Waals surface area (Å²) in [5.74, 6) is 0.154. The highest BCUT2D eigenvalue weighted by Gasteiger charge is 2.19. The fourth-order valence-corrected chi connectivity index (χ4v) is 3.55. The Morgan fingerprint density at radius 3 is 3.10 bits per heavy atom. The summed E-state index contributed by atoms with van der Waals surface area (Å²) in [6.07, 6.45) is 7.60. The summed E-state index contributed by atoms with van der Waals surface area (Å²) in [6, 6.07) is 3.86. The molecule has 0 aromatic carbocycles.